The predicted octanol–water partition coefficient (Wildman–Crippen LogP) is 2.95. The van der Waals surface area contributed by atoms with E-state index in [4.69, 9.17) is 5.84 Å². The average molecular weight is 236 g/mol. The Balaban J connectivity index is 2.03. The summed E-state index contributed by atoms with van der Waals surface area (Å²) in [4.78, 5) is 1.21. The van der Waals surface area contributed by atoms with E-state index in [-0.39, 0.29) is 11.9 Å². The number of halogens is 1. The molecule has 1 heterocycles. The van der Waals surface area contributed by atoms with Gasteiger partial charge in [0.2, 0.25) is 0 Å². The maximum atomic E-state index is 13.1. The van der Waals surface area contributed by atoms with Gasteiger partial charge in [0.1, 0.15) is 5.82 Å². The van der Waals surface area contributed by atoms with Crippen molar-refractivity contribution >= 4 is 21.4 Å². The van der Waals surface area contributed by atoms with E-state index in [2.05, 4.69) is 11.5 Å². The van der Waals surface area contributed by atoms with Gasteiger partial charge in [-0.25, -0.2) is 4.39 Å². The zero-order valence-corrected chi connectivity index (χ0v) is 9.56. The van der Waals surface area contributed by atoms with Crippen LogP contribution in [0.2, 0.25) is 0 Å². The summed E-state index contributed by atoms with van der Waals surface area (Å²) >= 11 is 1.63. The van der Waals surface area contributed by atoms with Crippen LogP contribution in [0.25, 0.3) is 10.1 Å². The molecule has 3 N–H and O–H groups in total. The smallest absolute Gasteiger partial charge is 0.124 e. The lowest BCUT2D eigenvalue weighted by molar-refractivity contribution is 0.505. The van der Waals surface area contributed by atoms with Gasteiger partial charge in [-0.15, -0.1) is 11.3 Å². The van der Waals surface area contributed by atoms with Crippen molar-refractivity contribution in [3.05, 3.63) is 35.0 Å². The highest BCUT2D eigenvalue weighted by atomic mass is 32.1. The highest BCUT2D eigenvalue weighted by Crippen LogP contribution is 2.43. The van der Waals surface area contributed by atoms with Gasteiger partial charge in [0.15, 0.2) is 0 Å². The summed E-state index contributed by atoms with van der Waals surface area (Å²) in [6.45, 7) is 0. The van der Waals surface area contributed by atoms with Crippen molar-refractivity contribution in [2.75, 3.05) is 0 Å². The second kappa shape index (κ2) is 3.80. The molecule has 0 spiro atoms. The van der Waals surface area contributed by atoms with Gasteiger partial charge in [-0.3, -0.25) is 11.3 Å². The monoisotopic (exact) mass is 236 g/mol. The Morgan fingerprint density at radius 3 is 2.88 bits per heavy atom. The molecule has 0 bridgehead atoms. The second-order valence-electron chi connectivity index (χ2n) is 4.31. The molecule has 0 aliphatic heterocycles. The topological polar surface area (TPSA) is 38.0 Å². The molecule has 1 aliphatic carbocycles. The zero-order chi connectivity index (χ0) is 11.1. The quantitative estimate of drug-likeness (QED) is 0.635. The first-order valence-electron chi connectivity index (χ1n) is 5.43. The van der Waals surface area contributed by atoms with Crippen LogP contribution in [0.15, 0.2) is 24.3 Å². The molecule has 84 valence electrons. The summed E-state index contributed by atoms with van der Waals surface area (Å²) in [6, 6.07) is 7.26. The summed E-state index contributed by atoms with van der Waals surface area (Å²) in [6.07, 6.45) is 2.47. The van der Waals surface area contributed by atoms with E-state index in [0.717, 1.165) is 10.1 Å². The summed E-state index contributed by atoms with van der Waals surface area (Å²) < 4.78 is 14.1. The van der Waals surface area contributed by atoms with Gasteiger partial charge in [0.05, 0.1) is 6.04 Å². The molecule has 1 aromatic carbocycles. The van der Waals surface area contributed by atoms with Gasteiger partial charge >= 0.3 is 0 Å². The van der Waals surface area contributed by atoms with Crippen molar-refractivity contribution in [1.29, 1.82) is 0 Å². The van der Waals surface area contributed by atoms with Crippen LogP contribution in [-0.4, -0.2) is 0 Å². The third kappa shape index (κ3) is 1.73. The Morgan fingerprint density at radius 2 is 2.19 bits per heavy atom. The molecule has 0 amide bonds. The van der Waals surface area contributed by atoms with Crippen molar-refractivity contribution in [2.24, 2.45) is 11.8 Å². The fourth-order valence-corrected chi connectivity index (χ4v) is 3.30. The molecular formula is C12H13FN2S. The Morgan fingerprint density at radius 1 is 1.38 bits per heavy atom. The fourth-order valence-electron chi connectivity index (χ4n) is 2.06. The van der Waals surface area contributed by atoms with Crippen molar-refractivity contribution in [2.45, 2.75) is 18.9 Å². The molecule has 0 radical (unpaired) electrons. The van der Waals surface area contributed by atoms with E-state index in [9.17, 15) is 4.39 Å². The number of hydrogen-bond acceptors (Lipinski definition) is 3. The average Bonchev–Trinajstić information content (AvgIpc) is 2.99. The third-order valence-corrected chi connectivity index (χ3v) is 4.26. The largest absolute Gasteiger partial charge is 0.271 e. The lowest BCUT2D eigenvalue weighted by atomic mass is 10.1. The molecule has 1 aliphatic rings. The molecule has 1 aromatic heterocycles. The number of hydrogen-bond donors (Lipinski definition) is 2. The van der Waals surface area contributed by atoms with Crippen molar-refractivity contribution in [3.63, 3.8) is 0 Å². The maximum Gasteiger partial charge on any atom is 0.124 e. The Hall–Kier alpha value is -0.970. The first kappa shape index (κ1) is 10.2. The number of nitrogens with one attached hydrogen (secondary N) is 1. The Labute approximate surface area is 97.2 Å². The fraction of sp³-hybridized carbons (Fsp3) is 0.333. The summed E-state index contributed by atoms with van der Waals surface area (Å²) in [7, 11) is 0. The summed E-state index contributed by atoms with van der Waals surface area (Å²) in [5.74, 6) is 6.06. The number of hydrazine groups is 1. The second-order valence-corrected chi connectivity index (χ2v) is 5.43. The molecule has 1 unspecified atom stereocenters. The van der Waals surface area contributed by atoms with E-state index < -0.39 is 0 Å². The molecule has 4 heteroatoms. The Bertz CT molecular complexity index is 519. The van der Waals surface area contributed by atoms with E-state index in [0.29, 0.717) is 5.92 Å². The lowest BCUT2D eigenvalue weighted by Crippen LogP contribution is -2.28. The first-order valence-corrected chi connectivity index (χ1v) is 6.24. The molecule has 2 aromatic rings. The van der Waals surface area contributed by atoms with Gasteiger partial charge in [0.25, 0.3) is 0 Å². The minimum absolute atomic E-state index is 0.176. The molecule has 1 fully saturated rings. The van der Waals surface area contributed by atoms with Crippen LogP contribution in [-0.2, 0) is 0 Å². The van der Waals surface area contributed by atoms with Crippen molar-refractivity contribution in [1.82, 2.24) is 5.43 Å². The van der Waals surface area contributed by atoms with Crippen LogP contribution in [0.1, 0.15) is 23.8 Å². The molecule has 3 rings (SSSR count). The van der Waals surface area contributed by atoms with Crippen LogP contribution in [0, 0.1) is 11.7 Å². The van der Waals surface area contributed by atoms with Gasteiger partial charge in [-0.1, -0.05) is 6.07 Å². The number of nitrogens with two attached hydrogens (primary N) is 1. The number of fused-ring (bicyclic) bond motifs is 1. The predicted molar refractivity (Wildman–Crippen MR) is 64.6 cm³/mol. The summed E-state index contributed by atoms with van der Waals surface area (Å²) in [5.41, 5.74) is 2.87. The molecule has 2 nitrogen and oxygen atoms in total. The highest BCUT2D eigenvalue weighted by molar-refractivity contribution is 7.19. The van der Waals surface area contributed by atoms with Gasteiger partial charge in [-0.05, 0) is 42.3 Å². The summed E-state index contributed by atoms with van der Waals surface area (Å²) in [5, 5.41) is 1.10. The molecule has 1 saturated carbocycles. The maximum absolute atomic E-state index is 13.1. The van der Waals surface area contributed by atoms with E-state index in [1.165, 1.54) is 23.8 Å². The first-order chi connectivity index (χ1) is 7.78. The third-order valence-electron chi connectivity index (χ3n) is 3.08. The highest BCUT2D eigenvalue weighted by Gasteiger charge is 2.32. The normalized spacial score (nSPS) is 17.9. The molecule has 16 heavy (non-hydrogen) atoms. The van der Waals surface area contributed by atoms with Crippen LogP contribution < -0.4 is 11.3 Å². The molecular weight excluding hydrogens is 223 g/mol. The Kier molecular flexibility index (Phi) is 2.42. The minimum atomic E-state index is -0.176. The minimum Gasteiger partial charge on any atom is -0.271 e. The lowest BCUT2D eigenvalue weighted by Gasteiger charge is -2.11. The zero-order valence-electron chi connectivity index (χ0n) is 8.74. The van der Waals surface area contributed by atoms with Crippen LogP contribution in [0.5, 0.6) is 0 Å². The molecule has 1 atom stereocenters. The van der Waals surface area contributed by atoms with Crippen molar-refractivity contribution < 1.29 is 4.39 Å². The van der Waals surface area contributed by atoms with Gasteiger partial charge in [-0.2, -0.15) is 0 Å². The van der Waals surface area contributed by atoms with Gasteiger partial charge in [0, 0.05) is 9.58 Å². The SMILES string of the molecule is NNC(c1cc2ccc(F)cc2s1)C1CC1. The molecule has 0 saturated heterocycles. The van der Waals surface area contributed by atoms with Crippen LogP contribution in [0.3, 0.4) is 0 Å². The number of thiophene rings is 1. The number of rotatable bonds is 3. The van der Waals surface area contributed by atoms with E-state index in [1.54, 1.807) is 17.4 Å². The standard InChI is InChI=1S/C12H13FN2S/c13-9-4-3-8-5-11(16-10(8)6-9)12(15-14)7-1-2-7/h3-7,12,15H,1-2,14H2. The van der Waals surface area contributed by atoms with E-state index in [1.807, 2.05) is 6.07 Å². The van der Waals surface area contributed by atoms with Crippen LogP contribution in [0.4, 0.5) is 4.39 Å². The van der Waals surface area contributed by atoms with Gasteiger partial charge < -0.3 is 0 Å². The number of benzene rings is 1. The van der Waals surface area contributed by atoms with E-state index >= 15 is 0 Å². The van der Waals surface area contributed by atoms with Crippen molar-refractivity contribution in [3.8, 4) is 0 Å². The van der Waals surface area contributed by atoms with Crippen LogP contribution >= 0.6 is 11.3 Å².